The van der Waals surface area contributed by atoms with Crippen LogP contribution in [0.2, 0.25) is 0 Å². The van der Waals surface area contributed by atoms with E-state index in [0.29, 0.717) is 5.92 Å². The lowest BCUT2D eigenvalue weighted by molar-refractivity contribution is 0.363. The van der Waals surface area contributed by atoms with E-state index >= 15 is 0 Å². The first-order valence-electron chi connectivity index (χ1n) is 6.44. The molecule has 0 heterocycles. The Bertz CT molecular complexity index is 450. The lowest BCUT2D eigenvalue weighted by Gasteiger charge is -2.26. The van der Waals surface area contributed by atoms with E-state index in [0.717, 1.165) is 0 Å². The average Bonchev–Trinajstić information content (AvgIpc) is 2.55. The summed E-state index contributed by atoms with van der Waals surface area (Å²) in [6.07, 6.45) is 3.75. The molecule has 91 valence electrons. The second-order valence-electron chi connectivity index (χ2n) is 7.16. The summed E-state index contributed by atoms with van der Waals surface area (Å²) >= 11 is 0. The quantitative estimate of drug-likeness (QED) is 0.581. The highest BCUT2D eigenvalue weighted by atomic mass is 14.4. The molecule has 0 saturated carbocycles. The molecule has 0 spiro atoms. The van der Waals surface area contributed by atoms with Gasteiger partial charge in [0.25, 0.3) is 0 Å². The molecule has 1 aliphatic carbocycles. The van der Waals surface area contributed by atoms with Crippen molar-refractivity contribution >= 4 is 5.57 Å². The van der Waals surface area contributed by atoms with Crippen molar-refractivity contribution in [2.24, 2.45) is 10.8 Å². The molecule has 1 aromatic carbocycles. The topological polar surface area (TPSA) is 0 Å². The Balaban J connectivity index is 2.58. The van der Waals surface area contributed by atoms with Crippen molar-refractivity contribution in [3.05, 3.63) is 41.5 Å². The van der Waals surface area contributed by atoms with E-state index in [9.17, 15) is 0 Å². The van der Waals surface area contributed by atoms with Crippen molar-refractivity contribution in [1.29, 1.82) is 0 Å². The molecule has 1 radical (unpaired) electrons. The Morgan fingerprint density at radius 2 is 1.53 bits per heavy atom. The van der Waals surface area contributed by atoms with Gasteiger partial charge in [0.2, 0.25) is 0 Å². The maximum absolute atomic E-state index is 3.75. The SMILES string of the molecule is CC(C)(C)C1=[C]C(C(C)(C)C)c2ccccc21. The van der Waals surface area contributed by atoms with Crippen molar-refractivity contribution in [1.82, 2.24) is 0 Å². The molecule has 0 nitrogen and oxygen atoms in total. The predicted octanol–water partition coefficient (Wildman–Crippen LogP) is 5.06. The Hall–Kier alpha value is -1.04. The number of fused-ring (bicyclic) bond motifs is 1. The summed E-state index contributed by atoms with van der Waals surface area (Å²) in [5, 5.41) is 0. The molecule has 0 aromatic heterocycles. The van der Waals surface area contributed by atoms with Gasteiger partial charge < -0.3 is 0 Å². The number of rotatable bonds is 0. The van der Waals surface area contributed by atoms with Gasteiger partial charge in [-0.05, 0) is 33.6 Å². The molecule has 0 saturated heterocycles. The van der Waals surface area contributed by atoms with E-state index in [-0.39, 0.29) is 10.8 Å². The highest BCUT2D eigenvalue weighted by molar-refractivity contribution is 5.75. The second kappa shape index (κ2) is 3.73. The van der Waals surface area contributed by atoms with Crippen molar-refractivity contribution in [3.63, 3.8) is 0 Å². The van der Waals surface area contributed by atoms with E-state index in [4.69, 9.17) is 0 Å². The van der Waals surface area contributed by atoms with E-state index in [1.54, 1.807) is 0 Å². The zero-order valence-electron chi connectivity index (χ0n) is 11.9. The number of benzene rings is 1. The van der Waals surface area contributed by atoms with Crippen LogP contribution in [0.5, 0.6) is 0 Å². The van der Waals surface area contributed by atoms with E-state index in [2.05, 4.69) is 71.9 Å². The normalized spacial score (nSPS) is 20.1. The summed E-state index contributed by atoms with van der Waals surface area (Å²) in [6, 6.07) is 8.79. The molecule has 0 N–H and O–H groups in total. The van der Waals surface area contributed by atoms with Crippen molar-refractivity contribution < 1.29 is 0 Å². The van der Waals surface area contributed by atoms with Gasteiger partial charge in [-0.2, -0.15) is 0 Å². The molecule has 0 heteroatoms. The van der Waals surface area contributed by atoms with Crippen LogP contribution in [0.4, 0.5) is 0 Å². The number of hydrogen-bond acceptors (Lipinski definition) is 0. The molecule has 0 amide bonds. The summed E-state index contributed by atoms with van der Waals surface area (Å²) in [5.74, 6) is 0.424. The van der Waals surface area contributed by atoms with Gasteiger partial charge in [0.1, 0.15) is 0 Å². The van der Waals surface area contributed by atoms with Crippen LogP contribution in [0.15, 0.2) is 24.3 Å². The smallest absolute Gasteiger partial charge is 0.0150 e. The molecule has 1 atom stereocenters. The summed E-state index contributed by atoms with van der Waals surface area (Å²) < 4.78 is 0. The Labute approximate surface area is 106 Å². The van der Waals surface area contributed by atoms with E-state index in [1.807, 2.05) is 0 Å². The first kappa shape index (κ1) is 12.4. The van der Waals surface area contributed by atoms with Gasteiger partial charge in [-0.1, -0.05) is 65.8 Å². The van der Waals surface area contributed by atoms with Crippen LogP contribution in [0.25, 0.3) is 5.57 Å². The predicted molar refractivity (Wildman–Crippen MR) is 74.7 cm³/mol. The third-order valence-electron chi connectivity index (χ3n) is 3.45. The summed E-state index contributed by atoms with van der Waals surface area (Å²) in [6.45, 7) is 13.7. The molecular formula is C17H23. The van der Waals surface area contributed by atoms with Gasteiger partial charge >= 0.3 is 0 Å². The van der Waals surface area contributed by atoms with Gasteiger partial charge in [0.15, 0.2) is 0 Å². The minimum Gasteiger partial charge on any atom is -0.0619 e. The minimum atomic E-state index is 0.177. The number of allylic oxidation sites excluding steroid dienone is 2. The second-order valence-corrected chi connectivity index (χ2v) is 7.16. The fraction of sp³-hybridized carbons (Fsp3) is 0.529. The standard InChI is InChI=1S/C17H23/c1-16(2,3)14-11-15(17(4,5)6)13-10-8-7-9-12(13)14/h7-10,14H,1-6H3. The van der Waals surface area contributed by atoms with Crippen molar-refractivity contribution in [2.45, 2.75) is 47.5 Å². The van der Waals surface area contributed by atoms with E-state index < -0.39 is 0 Å². The zero-order chi connectivity index (χ0) is 12.8. The van der Waals surface area contributed by atoms with Crippen LogP contribution < -0.4 is 0 Å². The lowest BCUT2D eigenvalue weighted by Crippen LogP contribution is -2.15. The molecule has 1 unspecified atom stereocenters. The highest BCUT2D eigenvalue weighted by Gasteiger charge is 2.35. The number of hydrogen-bond donors (Lipinski definition) is 0. The molecule has 0 aliphatic heterocycles. The van der Waals surface area contributed by atoms with Crippen LogP contribution in [0, 0.1) is 16.9 Å². The molecule has 2 rings (SSSR count). The third kappa shape index (κ3) is 2.18. The van der Waals surface area contributed by atoms with Gasteiger partial charge in [-0.15, -0.1) is 0 Å². The Morgan fingerprint density at radius 1 is 0.941 bits per heavy atom. The fourth-order valence-corrected chi connectivity index (χ4v) is 2.58. The van der Waals surface area contributed by atoms with Crippen LogP contribution in [0.1, 0.15) is 58.6 Å². The van der Waals surface area contributed by atoms with Gasteiger partial charge in [0.05, 0.1) is 0 Å². The monoisotopic (exact) mass is 227 g/mol. The summed E-state index contributed by atoms with van der Waals surface area (Å²) in [7, 11) is 0. The van der Waals surface area contributed by atoms with Crippen molar-refractivity contribution in [3.8, 4) is 0 Å². The molecule has 1 aromatic rings. The van der Waals surface area contributed by atoms with Gasteiger partial charge in [-0.25, -0.2) is 0 Å². The first-order chi connectivity index (χ1) is 7.71. The summed E-state index contributed by atoms with van der Waals surface area (Å²) in [4.78, 5) is 0. The van der Waals surface area contributed by atoms with Crippen LogP contribution >= 0.6 is 0 Å². The summed E-state index contributed by atoms with van der Waals surface area (Å²) in [5.41, 5.74) is 4.65. The first-order valence-corrected chi connectivity index (χ1v) is 6.44. The van der Waals surface area contributed by atoms with Gasteiger partial charge in [0, 0.05) is 5.92 Å². The van der Waals surface area contributed by atoms with Crippen LogP contribution in [-0.2, 0) is 0 Å². The maximum atomic E-state index is 3.75. The molecule has 0 fully saturated rings. The zero-order valence-corrected chi connectivity index (χ0v) is 11.9. The molecule has 0 bridgehead atoms. The third-order valence-corrected chi connectivity index (χ3v) is 3.45. The maximum Gasteiger partial charge on any atom is 0.0150 e. The Kier molecular flexibility index (Phi) is 2.72. The largest absolute Gasteiger partial charge is 0.0619 e. The molecular weight excluding hydrogens is 204 g/mol. The fourth-order valence-electron chi connectivity index (χ4n) is 2.58. The van der Waals surface area contributed by atoms with E-state index in [1.165, 1.54) is 16.7 Å². The van der Waals surface area contributed by atoms with Crippen LogP contribution in [0.3, 0.4) is 0 Å². The molecule has 17 heavy (non-hydrogen) atoms. The molecule has 1 aliphatic rings. The average molecular weight is 227 g/mol. The van der Waals surface area contributed by atoms with Crippen LogP contribution in [-0.4, -0.2) is 0 Å². The lowest BCUT2D eigenvalue weighted by atomic mass is 9.78. The van der Waals surface area contributed by atoms with Gasteiger partial charge in [-0.3, -0.25) is 0 Å². The Morgan fingerprint density at radius 3 is 2.06 bits per heavy atom. The minimum absolute atomic E-state index is 0.177. The highest BCUT2D eigenvalue weighted by Crippen LogP contribution is 2.49. The van der Waals surface area contributed by atoms with Crippen molar-refractivity contribution in [2.75, 3.05) is 0 Å².